The molecule has 2 aromatic rings. The molecule has 8 heteroatoms. The Labute approximate surface area is 164 Å². The second kappa shape index (κ2) is 9.40. The van der Waals surface area contributed by atoms with Crippen molar-refractivity contribution in [1.29, 1.82) is 5.26 Å². The van der Waals surface area contributed by atoms with Crippen LogP contribution in [0.2, 0.25) is 0 Å². The SMILES string of the molecule is COc1cc(/C=C(\C#N)C(=O)Nc2ccccc2)cc(Br)c1OCC(N)=O. The van der Waals surface area contributed by atoms with Crippen molar-refractivity contribution < 1.29 is 19.1 Å². The van der Waals surface area contributed by atoms with Crippen LogP contribution in [0.5, 0.6) is 11.5 Å². The average molecular weight is 430 g/mol. The predicted octanol–water partition coefficient (Wildman–Crippen LogP) is 2.87. The number of benzene rings is 2. The number of ether oxygens (including phenoxy) is 2. The van der Waals surface area contributed by atoms with E-state index in [9.17, 15) is 14.9 Å². The van der Waals surface area contributed by atoms with Crippen LogP contribution in [0.4, 0.5) is 5.69 Å². The highest BCUT2D eigenvalue weighted by Crippen LogP contribution is 2.37. The van der Waals surface area contributed by atoms with Gasteiger partial charge in [-0.05, 0) is 51.8 Å². The fourth-order valence-electron chi connectivity index (χ4n) is 2.14. The minimum atomic E-state index is -0.628. The first kappa shape index (κ1) is 20.0. The van der Waals surface area contributed by atoms with E-state index >= 15 is 0 Å². The molecule has 0 aliphatic carbocycles. The van der Waals surface area contributed by atoms with Gasteiger partial charge in [0.15, 0.2) is 18.1 Å². The Morgan fingerprint density at radius 3 is 2.59 bits per heavy atom. The molecule has 0 bridgehead atoms. The highest BCUT2D eigenvalue weighted by Gasteiger charge is 2.14. The molecule has 27 heavy (non-hydrogen) atoms. The predicted molar refractivity (Wildman–Crippen MR) is 104 cm³/mol. The van der Waals surface area contributed by atoms with Crippen LogP contribution >= 0.6 is 15.9 Å². The van der Waals surface area contributed by atoms with Crippen molar-refractivity contribution in [3.63, 3.8) is 0 Å². The Bertz CT molecular complexity index is 921. The van der Waals surface area contributed by atoms with Crippen LogP contribution in [0.15, 0.2) is 52.5 Å². The summed E-state index contributed by atoms with van der Waals surface area (Å²) in [4.78, 5) is 23.2. The smallest absolute Gasteiger partial charge is 0.266 e. The molecule has 0 aromatic heterocycles. The van der Waals surface area contributed by atoms with Gasteiger partial charge in [-0.15, -0.1) is 0 Å². The van der Waals surface area contributed by atoms with Gasteiger partial charge in [0.2, 0.25) is 0 Å². The number of nitriles is 1. The van der Waals surface area contributed by atoms with Gasteiger partial charge < -0.3 is 20.5 Å². The molecule has 138 valence electrons. The number of carbonyl (C=O) groups excluding carboxylic acids is 2. The van der Waals surface area contributed by atoms with Gasteiger partial charge in [-0.2, -0.15) is 5.26 Å². The summed E-state index contributed by atoms with van der Waals surface area (Å²) >= 11 is 3.32. The van der Waals surface area contributed by atoms with Gasteiger partial charge in [0, 0.05) is 5.69 Å². The Morgan fingerprint density at radius 1 is 1.30 bits per heavy atom. The molecule has 2 amide bonds. The average Bonchev–Trinajstić information content (AvgIpc) is 2.65. The van der Waals surface area contributed by atoms with Crippen LogP contribution in [0.25, 0.3) is 6.08 Å². The monoisotopic (exact) mass is 429 g/mol. The van der Waals surface area contributed by atoms with Crippen molar-refractivity contribution in [3.05, 3.63) is 58.1 Å². The second-order valence-corrected chi connectivity index (χ2v) is 6.13. The summed E-state index contributed by atoms with van der Waals surface area (Å²) in [6, 6.07) is 13.9. The molecule has 0 fully saturated rings. The van der Waals surface area contributed by atoms with E-state index in [2.05, 4.69) is 21.2 Å². The summed E-state index contributed by atoms with van der Waals surface area (Å²) in [7, 11) is 1.43. The zero-order chi connectivity index (χ0) is 19.8. The van der Waals surface area contributed by atoms with E-state index in [1.165, 1.54) is 13.2 Å². The minimum Gasteiger partial charge on any atom is -0.493 e. The van der Waals surface area contributed by atoms with Crippen molar-refractivity contribution >= 4 is 39.5 Å². The number of nitrogens with zero attached hydrogens (tertiary/aromatic N) is 1. The summed E-state index contributed by atoms with van der Waals surface area (Å²) < 4.78 is 11.1. The Morgan fingerprint density at radius 2 is 2.00 bits per heavy atom. The number of hydrogen-bond acceptors (Lipinski definition) is 5. The first-order valence-corrected chi connectivity index (χ1v) is 8.50. The maximum atomic E-state index is 12.3. The molecule has 0 radical (unpaired) electrons. The number of halogens is 1. The number of rotatable bonds is 7. The molecule has 2 rings (SSSR count). The third kappa shape index (κ3) is 5.59. The molecular weight excluding hydrogens is 414 g/mol. The summed E-state index contributed by atoms with van der Waals surface area (Å²) in [5.41, 5.74) is 6.11. The van der Waals surface area contributed by atoms with E-state index in [0.717, 1.165) is 0 Å². The van der Waals surface area contributed by atoms with E-state index in [0.29, 0.717) is 27.2 Å². The molecular formula is C19H16BrN3O4. The molecule has 0 saturated carbocycles. The van der Waals surface area contributed by atoms with Gasteiger partial charge in [0.1, 0.15) is 11.6 Å². The molecule has 0 saturated heterocycles. The van der Waals surface area contributed by atoms with E-state index in [-0.39, 0.29) is 12.2 Å². The molecule has 7 nitrogen and oxygen atoms in total. The summed E-state index contributed by atoms with van der Waals surface area (Å²) in [5, 5.41) is 12.0. The molecule has 0 unspecified atom stereocenters. The van der Waals surface area contributed by atoms with Gasteiger partial charge in [0.05, 0.1) is 11.6 Å². The van der Waals surface area contributed by atoms with Crippen LogP contribution in [-0.4, -0.2) is 25.5 Å². The molecule has 0 heterocycles. The van der Waals surface area contributed by atoms with Crippen molar-refractivity contribution in [3.8, 4) is 17.6 Å². The van der Waals surface area contributed by atoms with Gasteiger partial charge in [-0.1, -0.05) is 18.2 Å². The number of carbonyl (C=O) groups is 2. The van der Waals surface area contributed by atoms with Gasteiger partial charge in [-0.25, -0.2) is 0 Å². The number of para-hydroxylation sites is 1. The maximum absolute atomic E-state index is 12.3. The Hall–Kier alpha value is -3.31. The number of amides is 2. The second-order valence-electron chi connectivity index (χ2n) is 5.28. The zero-order valence-corrected chi connectivity index (χ0v) is 15.9. The van der Waals surface area contributed by atoms with Gasteiger partial charge in [-0.3, -0.25) is 9.59 Å². The van der Waals surface area contributed by atoms with Gasteiger partial charge in [0.25, 0.3) is 11.8 Å². The van der Waals surface area contributed by atoms with Crippen LogP contribution in [0.1, 0.15) is 5.56 Å². The first-order valence-electron chi connectivity index (χ1n) is 7.71. The Kier molecular flexibility index (Phi) is 6.97. The maximum Gasteiger partial charge on any atom is 0.266 e. The molecule has 0 atom stereocenters. The molecule has 0 aliphatic rings. The number of nitrogens with two attached hydrogens (primary N) is 1. The fourth-order valence-corrected chi connectivity index (χ4v) is 2.72. The molecule has 0 aliphatic heterocycles. The van der Waals surface area contributed by atoms with E-state index in [1.807, 2.05) is 12.1 Å². The lowest BCUT2D eigenvalue weighted by molar-refractivity contribution is -0.120. The van der Waals surface area contributed by atoms with Crippen molar-refractivity contribution in [2.75, 3.05) is 19.0 Å². The summed E-state index contributed by atoms with van der Waals surface area (Å²) in [6.45, 7) is -0.312. The lowest BCUT2D eigenvalue weighted by atomic mass is 10.1. The van der Waals surface area contributed by atoms with Crippen LogP contribution in [-0.2, 0) is 9.59 Å². The largest absolute Gasteiger partial charge is 0.493 e. The van der Waals surface area contributed by atoms with E-state index in [1.54, 1.807) is 36.4 Å². The normalized spacial score (nSPS) is 10.6. The van der Waals surface area contributed by atoms with Crippen molar-refractivity contribution in [1.82, 2.24) is 0 Å². The third-order valence-corrected chi connectivity index (χ3v) is 3.91. The highest BCUT2D eigenvalue weighted by atomic mass is 79.9. The quantitative estimate of drug-likeness (QED) is 0.518. The van der Waals surface area contributed by atoms with E-state index < -0.39 is 11.8 Å². The third-order valence-electron chi connectivity index (χ3n) is 3.32. The molecule has 0 spiro atoms. The topological polar surface area (TPSA) is 114 Å². The summed E-state index contributed by atoms with van der Waals surface area (Å²) in [6.07, 6.45) is 1.42. The lowest BCUT2D eigenvalue weighted by Crippen LogP contribution is -2.20. The minimum absolute atomic E-state index is 0.0846. The zero-order valence-electron chi connectivity index (χ0n) is 14.4. The highest BCUT2D eigenvalue weighted by molar-refractivity contribution is 9.10. The van der Waals surface area contributed by atoms with Gasteiger partial charge >= 0.3 is 0 Å². The van der Waals surface area contributed by atoms with Crippen LogP contribution < -0.4 is 20.5 Å². The number of methoxy groups -OCH3 is 1. The number of hydrogen-bond donors (Lipinski definition) is 2. The molecule has 2 aromatic carbocycles. The fraction of sp³-hybridized carbons (Fsp3) is 0.105. The first-order chi connectivity index (χ1) is 12.9. The van der Waals surface area contributed by atoms with Crippen molar-refractivity contribution in [2.45, 2.75) is 0 Å². The van der Waals surface area contributed by atoms with Crippen molar-refractivity contribution in [2.24, 2.45) is 5.73 Å². The molecule has 3 N–H and O–H groups in total. The lowest BCUT2D eigenvalue weighted by Gasteiger charge is -2.12. The Balaban J connectivity index is 2.29. The number of primary amides is 1. The number of anilines is 1. The van der Waals surface area contributed by atoms with Crippen LogP contribution in [0, 0.1) is 11.3 Å². The van der Waals surface area contributed by atoms with Crippen LogP contribution in [0.3, 0.4) is 0 Å². The summed E-state index contributed by atoms with van der Waals surface area (Å²) in [5.74, 6) is -0.552. The number of nitrogens with one attached hydrogen (secondary N) is 1. The standard InChI is InChI=1S/C19H16BrN3O4/c1-26-16-9-12(8-15(20)18(16)27-11-17(22)24)7-13(10-21)19(25)23-14-5-3-2-4-6-14/h2-9H,11H2,1H3,(H2,22,24)(H,23,25)/b13-7+. The van der Waals surface area contributed by atoms with E-state index in [4.69, 9.17) is 15.2 Å².